The van der Waals surface area contributed by atoms with Crippen LogP contribution in [-0.2, 0) is 0 Å². The SMILES string of the molecule is CC(N1CCCC(CCN)C1)C1(C)CC1. The number of piperidine rings is 1. The molecule has 1 saturated heterocycles. The number of likely N-dealkylation sites (tertiary alicyclic amines) is 1. The molecule has 0 radical (unpaired) electrons. The molecule has 88 valence electrons. The first-order chi connectivity index (χ1) is 7.15. The maximum absolute atomic E-state index is 5.66. The highest BCUT2D eigenvalue weighted by Crippen LogP contribution is 2.50. The number of rotatable bonds is 4. The Kier molecular flexibility index (Phi) is 3.36. The van der Waals surface area contributed by atoms with Crippen LogP contribution < -0.4 is 5.73 Å². The van der Waals surface area contributed by atoms with Crippen molar-refractivity contribution in [3.8, 4) is 0 Å². The molecule has 1 heterocycles. The summed E-state index contributed by atoms with van der Waals surface area (Å²) in [5, 5.41) is 0. The Morgan fingerprint density at radius 1 is 1.47 bits per heavy atom. The van der Waals surface area contributed by atoms with Gasteiger partial charge in [-0.1, -0.05) is 6.92 Å². The minimum absolute atomic E-state index is 0.643. The molecular weight excluding hydrogens is 184 g/mol. The highest BCUT2D eigenvalue weighted by atomic mass is 15.2. The number of hydrogen-bond acceptors (Lipinski definition) is 2. The van der Waals surface area contributed by atoms with Crippen LogP contribution in [0.5, 0.6) is 0 Å². The zero-order chi connectivity index (χ0) is 10.9. The molecular formula is C13H26N2. The Morgan fingerprint density at radius 2 is 2.20 bits per heavy atom. The lowest BCUT2D eigenvalue weighted by Crippen LogP contribution is -2.45. The molecule has 1 saturated carbocycles. The van der Waals surface area contributed by atoms with Crippen LogP contribution in [0, 0.1) is 11.3 Å². The van der Waals surface area contributed by atoms with E-state index >= 15 is 0 Å². The van der Waals surface area contributed by atoms with Crippen molar-refractivity contribution in [2.75, 3.05) is 19.6 Å². The number of hydrogen-bond donors (Lipinski definition) is 1. The normalized spacial score (nSPS) is 32.6. The van der Waals surface area contributed by atoms with Crippen LogP contribution in [-0.4, -0.2) is 30.6 Å². The molecule has 0 amide bonds. The maximum atomic E-state index is 5.66. The Bertz CT molecular complexity index is 209. The van der Waals surface area contributed by atoms with Crippen LogP contribution in [0.4, 0.5) is 0 Å². The van der Waals surface area contributed by atoms with Gasteiger partial charge in [-0.3, -0.25) is 4.90 Å². The third kappa shape index (κ3) is 2.54. The lowest BCUT2D eigenvalue weighted by atomic mass is 9.90. The van der Waals surface area contributed by atoms with Gasteiger partial charge in [0.25, 0.3) is 0 Å². The summed E-state index contributed by atoms with van der Waals surface area (Å²) in [5.41, 5.74) is 6.30. The van der Waals surface area contributed by atoms with Gasteiger partial charge in [-0.05, 0) is 63.5 Å². The summed E-state index contributed by atoms with van der Waals surface area (Å²) < 4.78 is 0. The Balaban J connectivity index is 1.86. The fourth-order valence-electron chi connectivity index (χ4n) is 2.98. The van der Waals surface area contributed by atoms with E-state index in [1.807, 2.05) is 0 Å². The quantitative estimate of drug-likeness (QED) is 0.771. The van der Waals surface area contributed by atoms with Crippen molar-refractivity contribution in [2.24, 2.45) is 17.1 Å². The van der Waals surface area contributed by atoms with Crippen LogP contribution in [0.2, 0.25) is 0 Å². The predicted octanol–water partition coefficient (Wildman–Crippen LogP) is 2.24. The molecule has 0 aromatic heterocycles. The molecule has 0 bridgehead atoms. The second kappa shape index (κ2) is 4.42. The van der Waals surface area contributed by atoms with E-state index in [0.29, 0.717) is 5.41 Å². The zero-order valence-corrected chi connectivity index (χ0v) is 10.3. The topological polar surface area (TPSA) is 29.3 Å². The predicted molar refractivity (Wildman–Crippen MR) is 64.8 cm³/mol. The van der Waals surface area contributed by atoms with Crippen molar-refractivity contribution in [3.05, 3.63) is 0 Å². The van der Waals surface area contributed by atoms with E-state index in [4.69, 9.17) is 5.73 Å². The van der Waals surface area contributed by atoms with E-state index < -0.39 is 0 Å². The van der Waals surface area contributed by atoms with E-state index in [1.54, 1.807) is 0 Å². The van der Waals surface area contributed by atoms with Crippen LogP contribution in [0.3, 0.4) is 0 Å². The van der Waals surface area contributed by atoms with E-state index in [2.05, 4.69) is 18.7 Å². The van der Waals surface area contributed by atoms with E-state index in [0.717, 1.165) is 18.5 Å². The molecule has 2 nitrogen and oxygen atoms in total. The first-order valence-corrected chi connectivity index (χ1v) is 6.60. The van der Waals surface area contributed by atoms with Crippen LogP contribution in [0.15, 0.2) is 0 Å². The van der Waals surface area contributed by atoms with Gasteiger partial charge in [0.2, 0.25) is 0 Å². The second-order valence-electron chi connectivity index (χ2n) is 5.91. The molecule has 15 heavy (non-hydrogen) atoms. The maximum Gasteiger partial charge on any atom is 0.0121 e. The summed E-state index contributed by atoms with van der Waals surface area (Å²) in [6.07, 6.45) is 6.88. The van der Waals surface area contributed by atoms with Crippen molar-refractivity contribution < 1.29 is 0 Å². The minimum Gasteiger partial charge on any atom is -0.330 e. The molecule has 2 rings (SSSR count). The van der Waals surface area contributed by atoms with E-state index in [9.17, 15) is 0 Å². The molecule has 2 unspecified atom stereocenters. The molecule has 2 fully saturated rings. The Labute approximate surface area is 94.2 Å². The van der Waals surface area contributed by atoms with Gasteiger partial charge < -0.3 is 5.73 Å². The zero-order valence-electron chi connectivity index (χ0n) is 10.3. The van der Waals surface area contributed by atoms with Crippen LogP contribution in [0.1, 0.15) is 46.0 Å². The van der Waals surface area contributed by atoms with Gasteiger partial charge in [-0.15, -0.1) is 0 Å². The summed E-state index contributed by atoms with van der Waals surface area (Å²) in [7, 11) is 0. The average molecular weight is 210 g/mol. The monoisotopic (exact) mass is 210 g/mol. The largest absolute Gasteiger partial charge is 0.330 e. The summed E-state index contributed by atoms with van der Waals surface area (Å²) in [5.74, 6) is 0.869. The third-order valence-corrected chi connectivity index (χ3v) is 4.72. The first-order valence-electron chi connectivity index (χ1n) is 6.60. The fourth-order valence-corrected chi connectivity index (χ4v) is 2.98. The van der Waals surface area contributed by atoms with Crippen molar-refractivity contribution >= 4 is 0 Å². The van der Waals surface area contributed by atoms with E-state index in [-0.39, 0.29) is 0 Å². The van der Waals surface area contributed by atoms with Gasteiger partial charge >= 0.3 is 0 Å². The van der Waals surface area contributed by atoms with Gasteiger partial charge in [-0.25, -0.2) is 0 Å². The fraction of sp³-hybridized carbons (Fsp3) is 1.00. The molecule has 2 N–H and O–H groups in total. The number of nitrogens with zero attached hydrogens (tertiary/aromatic N) is 1. The van der Waals surface area contributed by atoms with Gasteiger partial charge in [0.15, 0.2) is 0 Å². The van der Waals surface area contributed by atoms with Gasteiger partial charge in [0.05, 0.1) is 0 Å². The highest BCUT2D eigenvalue weighted by molar-refractivity contribution is 4.98. The van der Waals surface area contributed by atoms with Gasteiger partial charge in [-0.2, -0.15) is 0 Å². The summed E-state index contributed by atoms with van der Waals surface area (Å²) >= 11 is 0. The summed E-state index contributed by atoms with van der Waals surface area (Å²) in [6, 6.07) is 0.790. The van der Waals surface area contributed by atoms with E-state index in [1.165, 1.54) is 45.2 Å². The molecule has 2 aliphatic rings. The van der Waals surface area contributed by atoms with Gasteiger partial charge in [0, 0.05) is 12.6 Å². The first kappa shape index (κ1) is 11.4. The van der Waals surface area contributed by atoms with Crippen molar-refractivity contribution in [1.82, 2.24) is 4.90 Å². The summed E-state index contributed by atoms with van der Waals surface area (Å²) in [4.78, 5) is 2.72. The Hall–Kier alpha value is -0.0800. The van der Waals surface area contributed by atoms with Crippen molar-refractivity contribution in [3.63, 3.8) is 0 Å². The lowest BCUT2D eigenvalue weighted by molar-refractivity contribution is 0.0909. The number of nitrogens with two attached hydrogens (primary N) is 1. The van der Waals surface area contributed by atoms with Crippen LogP contribution in [0.25, 0.3) is 0 Å². The van der Waals surface area contributed by atoms with Gasteiger partial charge in [0.1, 0.15) is 0 Å². The average Bonchev–Trinajstić information content (AvgIpc) is 2.98. The van der Waals surface area contributed by atoms with Crippen LogP contribution >= 0.6 is 0 Å². The Morgan fingerprint density at radius 3 is 2.80 bits per heavy atom. The molecule has 0 aromatic carbocycles. The molecule has 1 aliphatic carbocycles. The molecule has 0 spiro atoms. The molecule has 2 atom stereocenters. The molecule has 2 heteroatoms. The summed E-state index contributed by atoms with van der Waals surface area (Å²) in [6.45, 7) is 8.36. The standard InChI is InChI=1S/C13H26N2/c1-11(13(2)6-7-13)15-9-3-4-12(10-15)5-8-14/h11-12H,3-10,14H2,1-2H3. The highest BCUT2D eigenvalue weighted by Gasteiger charge is 2.45. The lowest BCUT2D eigenvalue weighted by Gasteiger charge is -2.39. The minimum atomic E-state index is 0.643. The smallest absolute Gasteiger partial charge is 0.0121 e. The molecule has 0 aromatic rings. The second-order valence-corrected chi connectivity index (χ2v) is 5.91. The van der Waals surface area contributed by atoms with Crippen molar-refractivity contribution in [2.45, 2.75) is 52.0 Å². The molecule has 1 aliphatic heterocycles. The third-order valence-electron chi connectivity index (χ3n) is 4.72. The van der Waals surface area contributed by atoms with Crippen molar-refractivity contribution in [1.29, 1.82) is 0 Å².